The number of rotatable bonds is 6. The van der Waals surface area contributed by atoms with E-state index in [1.807, 2.05) is 39.0 Å². The molecule has 0 saturated carbocycles. The average molecular weight is 332 g/mol. The standard InChI is InChI=1S/C14H22BrNO3/c1-14(2,3)19-9-11(17)8-16-10-5-6-12(15)13(7-10)18-4/h5-7,11,16-17H,8-9H2,1-4H3. The van der Waals surface area contributed by atoms with Gasteiger partial charge in [-0.3, -0.25) is 0 Å². The molecule has 4 nitrogen and oxygen atoms in total. The maximum Gasteiger partial charge on any atom is 0.135 e. The van der Waals surface area contributed by atoms with E-state index in [4.69, 9.17) is 9.47 Å². The summed E-state index contributed by atoms with van der Waals surface area (Å²) in [5.74, 6) is 0.755. The van der Waals surface area contributed by atoms with Gasteiger partial charge in [-0.15, -0.1) is 0 Å². The summed E-state index contributed by atoms with van der Waals surface area (Å²) < 4.78 is 11.6. The van der Waals surface area contributed by atoms with Gasteiger partial charge in [0, 0.05) is 18.3 Å². The maximum absolute atomic E-state index is 9.83. The Balaban J connectivity index is 2.44. The minimum atomic E-state index is -0.547. The molecular formula is C14H22BrNO3. The van der Waals surface area contributed by atoms with Crippen molar-refractivity contribution in [3.05, 3.63) is 22.7 Å². The van der Waals surface area contributed by atoms with Crippen LogP contribution in [-0.4, -0.2) is 37.1 Å². The molecule has 19 heavy (non-hydrogen) atoms. The first-order valence-electron chi connectivity index (χ1n) is 6.21. The van der Waals surface area contributed by atoms with Crippen LogP contribution in [0.25, 0.3) is 0 Å². The summed E-state index contributed by atoms with van der Waals surface area (Å²) in [5.41, 5.74) is 0.664. The van der Waals surface area contributed by atoms with E-state index >= 15 is 0 Å². The van der Waals surface area contributed by atoms with Gasteiger partial charge in [-0.2, -0.15) is 0 Å². The van der Waals surface area contributed by atoms with Gasteiger partial charge in [-0.25, -0.2) is 0 Å². The number of aliphatic hydroxyl groups is 1. The second kappa shape index (κ2) is 7.12. The molecule has 2 N–H and O–H groups in total. The van der Waals surface area contributed by atoms with Crippen LogP contribution in [-0.2, 0) is 4.74 Å². The molecule has 0 spiro atoms. The summed E-state index contributed by atoms with van der Waals surface area (Å²) in [7, 11) is 1.62. The van der Waals surface area contributed by atoms with Gasteiger partial charge < -0.3 is 19.9 Å². The van der Waals surface area contributed by atoms with E-state index in [1.165, 1.54) is 0 Å². The zero-order chi connectivity index (χ0) is 14.5. The molecule has 108 valence electrons. The second-order valence-corrected chi connectivity index (χ2v) is 6.16. The molecule has 0 radical (unpaired) electrons. The van der Waals surface area contributed by atoms with Gasteiger partial charge in [-0.1, -0.05) is 0 Å². The van der Waals surface area contributed by atoms with Gasteiger partial charge in [0.25, 0.3) is 0 Å². The number of hydrogen-bond acceptors (Lipinski definition) is 4. The fraction of sp³-hybridized carbons (Fsp3) is 0.571. The van der Waals surface area contributed by atoms with E-state index in [-0.39, 0.29) is 5.60 Å². The lowest BCUT2D eigenvalue weighted by molar-refractivity contribution is -0.0449. The Kier molecular flexibility index (Phi) is 6.10. The van der Waals surface area contributed by atoms with Crippen molar-refractivity contribution >= 4 is 21.6 Å². The van der Waals surface area contributed by atoms with Gasteiger partial charge in [0.2, 0.25) is 0 Å². The number of hydrogen-bond donors (Lipinski definition) is 2. The van der Waals surface area contributed by atoms with Crippen LogP contribution in [0.1, 0.15) is 20.8 Å². The highest BCUT2D eigenvalue weighted by Gasteiger charge is 2.13. The molecule has 0 bridgehead atoms. The molecule has 1 unspecified atom stereocenters. The Bertz CT molecular complexity index is 404. The fourth-order valence-electron chi connectivity index (χ4n) is 1.41. The smallest absolute Gasteiger partial charge is 0.135 e. The monoisotopic (exact) mass is 331 g/mol. The van der Waals surface area contributed by atoms with Crippen LogP contribution in [0.3, 0.4) is 0 Å². The number of methoxy groups -OCH3 is 1. The Morgan fingerprint density at radius 3 is 2.63 bits per heavy atom. The van der Waals surface area contributed by atoms with E-state index in [2.05, 4.69) is 21.2 Å². The molecule has 0 heterocycles. The fourth-order valence-corrected chi connectivity index (χ4v) is 1.82. The summed E-state index contributed by atoms with van der Waals surface area (Å²) in [6.07, 6.45) is -0.547. The lowest BCUT2D eigenvalue weighted by Gasteiger charge is -2.22. The van der Waals surface area contributed by atoms with Gasteiger partial charge in [0.1, 0.15) is 5.75 Å². The number of aliphatic hydroxyl groups excluding tert-OH is 1. The zero-order valence-corrected chi connectivity index (χ0v) is 13.5. The molecule has 0 amide bonds. The van der Waals surface area contributed by atoms with Crippen LogP contribution in [0.2, 0.25) is 0 Å². The van der Waals surface area contributed by atoms with Gasteiger partial charge >= 0.3 is 0 Å². The Morgan fingerprint density at radius 1 is 1.37 bits per heavy atom. The minimum Gasteiger partial charge on any atom is -0.495 e. The maximum atomic E-state index is 9.83. The van der Waals surface area contributed by atoms with E-state index in [0.29, 0.717) is 13.2 Å². The molecular weight excluding hydrogens is 310 g/mol. The molecule has 0 aliphatic carbocycles. The first-order chi connectivity index (χ1) is 8.81. The lowest BCUT2D eigenvalue weighted by atomic mass is 10.2. The highest BCUT2D eigenvalue weighted by Crippen LogP contribution is 2.27. The molecule has 0 aromatic heterocycles. The number of benzene rings is 1. The second-order valence-electron chi connectivity index (χ2n) is 5.31. The van der Waals surface area contributed by atoms with E-state index in [0.717, 1.165) is 15.9 Å². The van der Waals surface area contributed by atoms with Crippen molar-refractivity contribution in [1.29, 1.82) is 0 Å². The number of nitrogens with one attached hydrogen (secondary N) is 1. The minimum absolute atomic E-state index is 0.234. The average Bonchev–Trinajstić information content (AvgIpc) is 2.34. The van der Waals surface area contributed by atoms with Crippen LogP contribution >= 0.6 is 15.9 Å². The van der Waals surface area contributed by atoms with Crippen LogP contribution in [0.5, 0.6) is 5.75 Å². The van der Waals surface area contributed by atoms with Crippen molar-refractivity contribution in [2.45, 2.75) is 32.5 Å². The van der Waals surface area contributed by atoms with E-state index in [9.17, 15) is 5.11 Å². The Labute approximate surface area is 123 Å². The molecule has 0 aliphatic rings. The highest BCUT2D eigenvalue weighted by atomic mass is 79.9. The molecule has 0 aliphatic heterocycles. The predicted molar refractivity (Wildman–Crippen MR) is 80.9 cm³/mol. The molecule has 1 aromatic rings. The number of anilines is 1. The van der Waals surface area contributed by atoms with Crippen molar-refractivity contribution in [1.82, 2.24) is 0 Å². The molecule has 5 heteroatoms. The molecule has 1 atom stereocenters. The quantitative estimate of drug-likeness (QED) is 0.841. The summed E-state index contributed by atoms with van der Waals surface area (Å²) >= 11 is 3.40. The Hall–Kier alpha value is -0.780. The SMILES string of the molecule is COc1cc(NCC(O)COC(C)(C)C)ccc1Br. The number of ether oxygens (including phenoxy) is 2. The first kappa shape index (κ1) is 16.3. The van der Waals surface area contributed by atoms with Crippen molar-refractivity contribution < 1.29 is 14.6 Å². The van der Waals surface area contributed by atoms with Crippen molar-refractivity contribution in [3.8, 4) is 5.75 Å². The Morgan fingerprint density at radius 2 is 2.05 bits per heavy atom. The summed E-state index contributed by atoms with van der Waals surface area (Å²) in [5, 5.41) is 13.0. The molecule has 0 saturated heterocycles. The van der Waals surface area contributed by atoms with E-state index < -0.39 is 6.10 Å². The topological polar surface area (TPSA) is 50.7 Å². The van der Waals surface area contributed by atoms with Crippen LogP contribution in [0.15, 0.2) is 22.7 Å². The summed E-state index contributed by atoms with van der Waals surface area (Å²) in [6.45, 7) is 6.64. The van der Waals surface area contributed by atoms with Crippen molar-refractivity contribution in [2.75, 3.05) is 25.6 Å². The summed E-state index contributed by atoms with van der Waals surface area (Å²) in [4.78, 5) is 0. The lowest BCUT2D eigenvalue weighted by Crippen LogP contribution is -2.30. The van der Waals surface area contributed by atoms with Gasteiger partial charge in [0.15, 0.2) is 0 Å². The number of halogens is 1. The largest absolute Gasteiger partial charge is 0.495 e. The van der Waals surface area contributed by atoms with E-state index in [1.54, 1.807) is 7.11 Å². The first-order valence-corrected chi connectivity index (χ1v) is 7.00. The van der Waals surface area contributed by atoms with Gasteiger partial charge in [-0.05, 0) is 48.8 Å². The normalized spacial score (nSPS) is 13.2. The third kappa shape index (κ3) is 6.27. The van der Waals surface area contributed by atoms with Crippen LogP contribution < -0.4 is 10.1 Å². The summed E-state index contributed by atoms with van der Waals surface area (Å²) in [6, 6.07) is 5.70. The van der Waals surface area contributed by atoms with Gasteiger partial charge in [0.05, 0.1) is 29.9 Å². The molecule has 1 aromatic carbocycles. The van der Waals surface area contributed by atoms with Crippen LogP contribution in [0.4, 0.5) is 5.69 Å². The highest BCUT2D eigenvalue weighted by molar-refractivity contribution is 9.10. The third-order valence-electron chi connectivity index (χ3n) is 2.40. The zero-order valence-electron chi connectivity index (χ0n) is 11.9. The van der Waals surface area contributed by atoms with Crippen LogP contribution in [0, 0.1) is 0 Å². The third-order valence-corrected chi connectivity index (χ3v) is 3.06. The molecule has 0 fully saturated rings. The van der Waals surface area contributed by atoms with Crippen molar-refractivity contribution in [2.24, 2.45) is 0 Å². The molecule has 1 rings (SSSR count). The van der Waals surface area contributed by atoms with Crippen molar-refractivity contribution in [3.63, 3.8) is 0 Å². The predicted octanol–water partition coefficient (Wildman–Crippen LogP) is 3.05.